The summed E-state index contributed by atoms with van der Waals surface area (Å²) >= 11 is 0. The van der Waals surface area contributed by atoms with Gasteiger partial charge in [-0.2, -0.15) is 0 Å². The number of nitrogens with zero attached hydrogens (tertiary/aromatic N) is 1. The standard InChI is InChI=1S/C19H13NO2.C3H8/c1-13-6-8-17(19(21)22)11-15(13)9-7-14-10-16-4-2-3-5-18(16)20-12-14;1-3-2/h2-6,8,10-12H,1H3,(H,21,22);3H2,1-2H3. The van der Waals surface area contributed by atoms with Gasteiger partial charge in [-0.15, -0.1) is 0 Å². The molecule has 0 aliphatic carbocycles. The molecule has 1 aromatic heterocycles. The van der Waals surface area contributed by atoms with Crippen molar-refractivity contribution in [3.8, 4) is 11.8 Å². The van der Waals surface area contributed by atoms with Crippen molar-refractivity contribution in [1.82, 2.24) is 4.98 Å². The Labute approximate surface area is 148 Å². The van der Waals surface area contributed by atoms with Gasteiger partial charge >= 0.3 is 5.97 Å². The quantitative estimate of drug-likeness (QED) is 0.634. The van der Waals surface area contributed by atoms with Crippen LogP contribution in [0.15, 0.2) is 54.7 Å². The minimum absolute atomic E-state index is 0.242. The zero-order valence-corrected chi connectivity index (χ0v) is 14.7. The lowest BCUT2D eigenvalue weighted by atomic mass is 10.0. The van der Waals surface area contributed by atoms with Crippen LogP contribution in [-0.2, 0) is 0 Å². The summed E-state index contributed by atoms with van der Waals surface area (Å²) in [6, 6.07) is 14.8. The molecule has 3 nitrogen and oxygen atoms in total. The second-order valence-electron chi connectivity index (χ2n) is 5.71. The van der Waals surface area contributed by atoms with Crippen LogP contribution in [0.1, 0.15) is 47.3 Å². The Bertz CT molecular complexity index is 949. The predicted octanol–water partition coefficient (Wildman–Crippen LogP) is 5.06. The normalized spacial score (nSPS) is 9.56. The van der Waals surface area contributed by atoms with Crippen molar-refractivity contribution in [2.45, 2.75) is 27.2 Å². The molecule has 25 heavy (non-hydrogen) atoms. The first-order valence-corrected chi connectivity index (χ1v) is 8.26. The first kappa shape index (κ1) is 18.2. The van der Waals surface area contributed by atoms with Crippen molar-refractivity contribution in [3.05, 3.63) is 77.0 Å². The van der Waals surface area contributed by atoms with Gasteiger partial charge in [-0.25, -0.2) is 4.79 Å². The van der Waals surface area contributed by atoms with Crippen molar-refractivity contribution < 1.29 is 9.90 Å². The molecule has 0 aliphatic heterocycles. The fourth-order valence-corrected chi connectivity index (χ4v) is 2.17. The van der Waals surface area contributed by atoms with E-state index >= 15 is 0 Å². The Hall–Kier alpha value is -3.12. The minimum Gasteiger partial charge on any atom is -0.478 e. The first-order chi connectivity index (χ1) is 12.0. The smallest absolute Gasteiger partial charge is 0.335 e. The van der Waals surface area contributed by atoms with Gasteiger partial charge in [-0.1, -0.05) is 56.4 Å². The molecule has 1 N–H and O–H groups in total. The third-order valence-electron chi connectivity index (χ3n) is 3.42. The van der Waals surface area contributed by atoms with E-state index in [-0.39, 0.29) is 5.56 Å². The molecule has 0 radical (unpaired) electrons. The number of hydrogen-bond donors (Lipinski definition) is 1. The van der Waals surface area contributed by atoms with E-state index in [1.807, 2.05) is 37.3 Å². The van der Waals surface area contributed by atoms with E-state index in [1.54, 1.807) is 24.4 Å². The van der Waals surface area contributed by atoms with E-state index in [0.29, 0.717) is 5.56 Å². The molecule has 0 aliphatic rings. The van der Waals surface area contributed by atoms with Gasteiger partial charge in [0.15, 0.2) is 0 Å². The fraction of sp³-hybridized carbons (Fsp3) is 0.182. The van der Waals surface area contributed by atoms with Crippen LogP contribution < -0.4 is 0 Å². The van der Waals surface area contributed by atoms with E-state index in [0.717, 1.165) is 22.0 Å². The molecule has 0 unspecified atom stereocenters. The van der Waals surface area contributed by atoms with Gasteiger partial charge in [-0.3, -0.25) is 4.98 Å². The van der Waals surface area contributed by atoms with E-state index in [4.69, 9.17) is 5.11 Å². The molecular formula is C22H21NO2. The van der Waals surface area contributed by atoms with E-state index in [2.05, 4.69) is 30.7 Å². The molecule has 3 rings (SSSR count). The number of carbonyl (C=O) groups is 1. The molecule has 3 heteroatoms. The van der Waals surface area contributed by atoms with E-state index in [9.17, 15) is 4.79 Å². The highest BCUT2D eigenvalue weighted by atomic mass is 16.4. The number of pyridine rings is 1. The molecule has 0 saturated heterocycles. The Morgan fingerprint density at radius 3 is 2.52 bits per heavy atom. The van der Waals surface area contributed by atoms with Crippen LogP contribution in [0.25, 0.3) is 10.9 Å². The molecule has 0 spiro atoms. The Morgan fingerprint density at radius 2 is 1.80 bits per heavy atom. The number of para-hydroxylation sites is 1. The summed E-state index contributed by atoms with van der Waals surface area (Å²) in [7, 11) is 0. The summed E-state index contributed by atoms with van der Waals surface area (Å²) in [5.74, 6) is 5.14. The number of hydrogen-bond acceptors (Lipinski definition) is 2. The van der Waals surface area contributed by atoms with E-state index in [1.165, 1.54) is 6.42 Å². The molecule has 126 valence electrons. The zero-order valence-electron chi connectivity index (χ0n) is 14.7. The lowest BCUT2D eigenvalue weighted by Crippen LogP contribution is -1.97. The first-order valence-electron chi connectivity index (χ1n) is 8.26. The topological polar surface area (TPSA) is 50.2 Å². The SMILES string of the molecule is CCC.Cc1ccc(C(=O)O)cc1C#Cc1cnc2ccccc2c1. The number of fused-ring (bicyclic) bond motifs is 1. The molecule has 1 heterocycles. The van der Waals surface area contributed by atoms with Crippen molar-refractivity contribution in [2.75, 3.05) is 0 Å². The molecule has 0 fully saturated rings. The molecule has 0 amide bonds. The number of benzene rings is 2. The number of aromatic carboxylic acids is 1. The van der Waals surface area contributed by atoms with Gasteiger partial charge in [0.1, 0.15) is 0 Å². The Morgan fingerprint density at radius 1 is 1.08 bits per heavy atom. The average molecular weight is 331 g/mol. The van der Waals surface area contributed by atoms with Crippen LogP contribution in [0.2, 0.25) is 0 Å². The van der Waals surface area contributed by atoms with Gasteiger partial charge in [-0.05, 0) is 36.8 Å². The maximum Gasteiger partial charge on any atom is 0.335 e. The van der Waals surface area contributed by atoms with Gasteiger partial charge in [0.2, 0.25) is 0 Å². The van der Waals surface area contributed by atoms with E-state index < -0.39 is 5.97 Å². The number of carboxylic acids is 1. The van der Waals surface area contributed by atoms with Gasteiger partial charge in [0.25, 0.3) is 0 Å². The maximum absolute atomic E-state index is 11.0. The van der Waals surface area contributed by atoms with Crippen molar-refractivity contribution in [2.24, 2.45) is 0 Å². The molecule has 0 atom stereocenters. The summed E-state index contributed by atoms with van der Waals surface area (Å²) in [5, 5.41) is 10.1. The Balaban J connectivity index is 0.000000701. The van der Waals surface area contributed by atoms with Gasteiger partial charge < -0.3 is 5.11 Å². The predicted molar refractivity (Wildman–Crippen MR) is 102 cm³/mol. The maximum atomic E-state index is 11.0. The second kappa shape index (κ2) is 8.65. The minimum atomic E-state index is -0.949. The highest BCUT2D eigenvalue weighted by Gasteiger charge is 2.04. The lowest BCUT2D eigenvalue weighted by Gasteiger charge is -2.00. The third-order valence-corrected chi connectivity index (χ3v) is 3.42. The van der Waals surface area contributed by atoms with Crippen molar-refractivity contribution >= 4 is 16.9 Å². The van der Waals surface area contributed by atoms with Crippen LogP contribution in [-0.4, -0.2) is 16.1 Å². The summed E-state index contributed by atoms with van der Waals surface area (Å²) in [6.45, 7) is 6.16. The highest BCUT2D eigenvalue weighted by molar-refractivity contribution is 5.88. The largest absolute Gasteiger partial charge is 0.478 e. The van der Waals surface area contributed by atoms with Crippen LogP contribution in [0.4, 0.5) is 0 Å². The van der Waals surface area contributed by atoms with Gasteiger partial charge in [0.05, 0.1) is 11.1 Å². The summed E-state index contributed by atoms with van der Waals surface area (Å²) in [6.07, 6.45) is 2.98. The number of rotatable bonds is 1. The lowest BCUT2D eigenvalue weighted by molar-refractivity contribution is 0.0697. The van der Waals surface area contributed by atoms with Crippen LogP contribution in [0, 0.1) is 18.8 Å². The fourth-order valence-electron chi connectivity index (χ4n) is 2.17. The molecule has 3 aromatic rings. The number of carboxylic acid groups (broad SMARTS) is 1. The van der Waals surface area contributed by atoms with Crippen LogP contribution in [0.5, 0.6) is 0 Å². The van der Waals surface area contributed by atoms with Crippen LogP contribution >= 0.6 is 0 Å². The molecular weight excluding hydrogens is 310 g/mol. The Kier molecular flexibility index (Phi) is 6.31. The average Bonchev–Trinajstić information content (AvgIpc) is 2.61. The highest BCUT2D eigenvalue weighted by Crippen LogP contribution is 2.13. The monoisotopic (exact) mass is 331 g/mol. The number of aromatic nitrogens is 1. The molecule has 2 aromatic carbocycles. The van der Waals surface area contributed by atoms with Gasteiger partial charge in [0, 0.05) is 22.7 Å². The summed E-state index contributed by atoms with van der Waals surface area (Å²) in [4.78, 5) is 15.4. The van der Waals surface area contributed by atoms with Crippen molar-refractivity contribution in [1.29, 1.82) is 0 Å². The summed E-state index contributed by atoms with van der Waals surface area (Å²) in [5.41, 5.74) is 3.64. The number of aryl methyl sites for hydroxylation is 1. The third kappa shape index (κ3) is 4.92. The zero-order chi connectivity index (χ0) is 18.2. The second-order valence-corrected chi connectivity index (χ2v) is 5.71. The van der Waals surface area contributed by atoms with Crippen molar-refractivity contribution in [3.63, 3.8) is 0 Å². The molecule has 0 bridgehead atoms. The summed E-state index contributed by atoms with van der Waals surface area (Å²) < 4.78 is 0. The molecule has 0 saturated carbocycles. The van der Waals surface area contributed by atoms with Crippen LogP contribution in [0.3, 0.4) is 0 Å².